The number of aromatic nitrogens is 4. The van der Waals surface area contributed by atoms with Gasteiger partial charge in [0.25, 0.3) is 5.56 Å². The largest absolute Gasteiger partial charge is 0.507 e. The first-order valence-corrected chi connectivity index (χ1v) is 12.8. The molecule has 2 N–H and O–H groups in total. The number of anilines is 1. The van der Waals surface area contributed by atoms with Gasteiger partial charge in [-0.15, -0.1) is 10.2 Å². The highest BCUT2D eigenvalue weighted by molar-refractivity contribution is 5.73. The number of phenolic OH excluding ortho intramolecular Hbond substituents is 1. The molecule has 0 radical (unpaired) electrons. The highest BCUT2D eigenvalue weighted by Crippen LogP contribution is 2.42. The van der Waals surface area contributed by atoms with Crippen LogP contribution in [0.3, 0.4) is 0 Å². The third-order valence-corrected chi connectivity index (χ3v) is 8.08. The van der Waals surface area contributed by atoms with Crippen LogP contribution in [0, 0.1) is 5.95 Å². The van der Waals surface area contributed by atoms with E-state index in [9.17, 15) is 14.3 Å². The number of hydrogen-bond donors (Lipinski definition) is 2. The molecule has 2 saturated heterocycles. The van der Waals surface area contributed by atoms with E-state index >= 15 is 4.39 Å². The van der Waals surface area contributed by atoms with Crippen molar-refractivity contribution < 1.29 is 13.9 Å². The van der Waals surface area contributed by atoms with Crippen molar-refractivity contribution in [1.29, 1.82) is 0 Å². The molecular formula is C27H30F2N6O2. The second-order valence-electron chi connectivity index (χ2n) is 10.9. The fourth-order valence-corrected chi connectivity index (χ4v) is 5.94. The molecule has 1 aliphatic carbocycles. The van der Waals surface area contributed by atoms with E-state index < -0.39 is 17.7 Å². The molecule has 10 heteroatoms. The van der Waals surface area contributed by atoms with Crippen LogP contribution in [-0.2, 0) is 7.05 Å². The lowest BCUT2D eigenvalue weighted by molar-refractivity contribution is 0.0582. The first-order chi connectivity index (χ1) is 17.7. The Bertz CT molecular complexity index is 1390. The van der Waals surface area contributed by atoms with Gasteiger partial charge in [-0.25, -0.2) is 9.37 Å². The maximum Gasteiger partial charge on any atom is 0.253 e. The Morgan fingerprint density at radius 1 is 1.16 bits per heavy atom. The molecule has 4 heterocycles. The van der Waals surface area contributed by atoms with Gasteiger partial charge in [-0.1, -0.05) is 6.07 Å². The average molecular weight is 509 g/mol. The predicted octanol–water partition coefficient (Wildman–Crippen LogP) is 3.73. The molecule has 3 aliphatic rings. The smallest absolute Gasteiger partial charge is 0.253 e. The lowest BCUT2D eigenvalue weighted by atomic mass is 9.74. The number of alkyl halides is 1. The first-order valence-electron chi connectivity index (χ1n) is 12.8. The van der Waals surface area contributed by atoms with Crippen LogP contribution < -0.4 is 15.8 Å². The van der Waals surface area contributed by atoms with Crippen LogP contribution >= 0.6 is 0 Å². The molecule has 3 aromatic rings. The van der Waals surface area contributed by atoms with Gasteiger partial charge in [-0.2, -0.15) is 4.39 Å². The highest BCUT2D eigenvalue weighted by atomic mass is 19.1. The van der Waals surface area contributed by atoms with Crippen molar-refractivity contribution in [2.24, 2.45) is 7.05 Å². The van der Waals surface area contributed by atoms with Crippen molar-refractivity contribution in [3.8, 4) is 28.1 Å². The van der Waals surface area contributed by atoms with Gasteiger partial charge in [0.1, 0.15) is 17.6 Å². The van der Waals surface area contributed by atoms with Crippen LogP contribution in [0.1, 0.15) is 45.4 Å². The second-order valence-corrected chi connectivity index (χ2v) is 10.9. The summed E-state index contributed by atoms with van der Waals surface area (Å²) in [4.78, 5) is 18.6. The number of phenols is 1. The molecule has 1 saturated carbocycles. The number of piperidine rings is 2. The van der Waals surface area contributed by atoms with E-state index in [0.29, 0.717) is 34.8 Å². The van der Waals surface area contributed by atoms with Crippen LogP contribution in [-0.4, -0.2) is 54.7 Å². The summed E-state index contributed by atoms with van der Waals surface area (Å²) in [6.07, 6.45) is 6.09. The molecule has 3 fully saturated rings. The molecule has 2 bridgehead atoms. The number of nitrogens with one attached hydrogen (secondary N) is 1. The van der Waals surface area contributed by atoms with Crippen molar-refractivity contribution in [3.05, 3.63) is 52.8 Å². The zero-order valence-corrected chi connectivity index (χ0v) is 20.9. The SMILES string of the molecule is Cn1c(F)cc(-c2ccc(-c3cnc(N(C4CC4)[C@H]4C[C@]5(C)CCC[C@H](N5)[C@H]4F)nn3)c(O)c2)cc1=O. The molecule has 37 heavy (non-hydrogen) atoms. The second kappa shape index (κ2) is 8.86. The minimum absolute atomic E-state index is 0.0872. The average Bonchev–Trinajstić information content (AvgIpc) is 3.71. The van der Waals surface area contributed by atoms with E-state index in [0.717, 1.165) is 36.7 Å². The Morgan fingerprint density at radius 2 is 1.97 bits per heavy atom. The van der Waals surface area contributed by atoms with Gasteiger partial charge in [-0.3, -0.25) is 9.36 Å². The monoisotopic (exact) mass is 508 g/mol. The maximum absolute atomic E-state index is 15.6. The Kier molecular flexibility index (Phi) is 5.74. The molecule has 0 amide bonds. The third-order valence-electron chi connectivity index (χ3n) is 8.08. The summed E-state index contributed by atoms with van der Waals surface area (Å²) in [7, 11) is 1.35. The topological polar surface area (TPSA) is 96.2 Å². The number of halogens is 2. The van der Waals surface area contributed by atoms with Gasteiger partial charge >= 0.3 is 0 Å². The molecule has 2 aromatic heterocycles. The Morgan fingerprint density at radius 3 is 2.65 bits per heavy atom. The number of rotatable bonds is 5. The lowest BCUT2D eigenvalue weighted by Crippen LogP contribution is -2.67. The number of hydrogen-bond acceptors (Lipinski definition) is 7. The van der Waals surface area contributed by atoms with Crippen LogP contribution in [0.2, 0.25) is 0 Å². The van der Waals surface area contributed by atoms with Crippen molar-refractivity contribution in [2.45, 2.75) is 75.3 Å². The van der Waals surface area contributed by atoms with Gasteiger partial charge in [0, 0.05) is 36.3 Å². The van der Waals surface area contributed by atoms with E-state index in [1.807, 2.05) is 4.90 Å². The number of fused-ring (bicyclic) bond motifs is 2. The van der Waals surface area contributed by atoms with Gasteiger partial charge < -0.3 is 15.3 Å². The summed E-state index contributed by atoms with van der Waals surface area (Å²) in [5, 5.41) is 22.9. The van der Waals surface area contributed by atoms with Crippen molar-refractivity contribution in [1.82, 2.24) is 25.1 Å². The Balaban J connectivity index is 1.27. The summed E-state index contributed by atoms with van der Waals surface area (Å²) < 4.78 is 30.5. The maximum atomic E-state index is 15.6. The van der Waals surface area contributed by atoms with E-state index in [2.05, 4.69) is 27.4 Å². The van der Waals surface area contributed by atoms with Crippen molar-refractivity contribution in [2.75, 3.05) is 4.90 Å². The molecule has 0 unspecified atom stereocenters. The summed E-state index contributed by atoms with van der Waals surface area (Å²) in [5.41, 5.74) is 1.06. The van der Waals surface area contributed by atoms with E-state index in [4.69, 9.17) is 0 Å². The minimum atomic E-state index is -1.01. The number of pyridine rings is 1. The quantitative estimate of drug-likeness (QED) is 0.507. The van der Waals surface area contributed by atoms with Crippen molar-refractivity contribution >= 4 is 5.95 Å². The molecule has 8 nitrogen and oxygen atoms in total. The van der Waals surface area contributed by atoms with E-state index in [1.165, 1.54) is 25.2 Å². The summed E-state index contributed by atoms with van der Waals surface area (Å²) in [6, 6.07) is 7.08. The van der Waals surface area contributed by atoms with E-state index in [-0.39, 0.29) is 29.4 Å². The highest BCUT2D eigenvalue weighted by Gasteiger charge is 2.50. The Labute approximate surface area is 213 Å². The number of benzene rings is 1. The standard InChI is InChI=1S/C27H30F2N6O2/c1-27-9-3-4-19(31-27)25(29)21(13-27)35(17-6-7-17)26-30-14-20(32-33-26)18-8-5-15(10-22(18)36)16-11-23(28)34(2)24(37)12-16/h5,8,10-12,14,17,19,21,25,31,36H,3-4,6-7,9,13H2,1-2H3/t19-,21-,25+,27-/m0/s1. The van der Waals surface area contributed by atoms with Gasteiger partial charge in [-0.05, 0) is 74.8 Å². The predicted molar refractivity (Wildman–Crippen MR) is 136 cm³/mol. The molecule has 2 aliphatic heterocycles. The van der Waals surface area contributed by atoms with Crippen LogP contribution in [0.4, 0.5) is 14.7 Å². The fourth-order valence-electron chi connectivity index (χ4n) is 5.94. The van der Waals surface area contributed by atoms with Gasteiger partial charge in [0.2, 0.25) is 5.95 Å². The van der Waals surface area contributed by atoms with E-state index in [1.54, 1.807) is 18.3 Å². The summed E-state index contributed by atoms with van der Waals surface area (Å²) in [6.45, 7) is 2.18. The molecule has 0 spiro atoms. The van der Waals surface area contributed by atoms with Crippen LogP contribution in [0.25, 0.3) is 22.4 Å². The molecule has 194 valence electrons. The van der Waals surface area contributed by atoms with Gasteiger partial charge in [0.15, 0.2) is 5.95 Å². The zero-order valence-electron chi connectivity index (χ0n) is 20.9. The Hall–Kier alpha value is -3.40. The number of aromatic hydroxyl groups is 1. The minimum Gasteiger partial charge on any atom is -0.507 e. The summed E-state index contributed by atoms with van der Waals surface area (Å²) in [5.74, 6) is -0.350. The van der Waals surface area contributed by atoms with Crippen LogP contribution in [0.15, 0.2) is 41.3 Å². The lowest BCUT2D eigenvalue weighted by Gasteiger charge is -2.52. The zero-order chi connectivity index (χ0) is 25.9. The first kappa shape index (κ1) is 24.0. The normalized spacial score (nSPS) is 27.2. The summed E-state index contributed by atoms with van der Waals surface area (Å²) >= 11 is 0. The molecular weight excluding hydrogens is 478 g/mol. The van der Waals surface area contributed by atoms with Crippen LogP contribution in [0.5, 0.6) is 5.75 Å². The molecule has 6 rings (SSSR count). The van der Waals surface area contributed by atoms with Gasteiger partial charge in [0.05, 0.1) is 12.2 Å². The van der Waals surface area contributed by atoms with Crippen molar-refractivity contribution in [3.63, 3.8) is 0 Å². The fraction of sp³-hybridized carbons (Fsp3) is 0.481. The third kappa shape index (κ3) is 4.37. The molecule has 4 atom stereocenters. The molecule has 1 aromatic carbocycles. The number of nitrogens with zero attached hydrogens (tertiary/aromatic N) is 5.